The number of Topliss-reactive ketones (excluding diaryl/α,β-unsaturated/α-hetero) is 2. The van der Waals surface area contributed by atoms with Gasteiger partial charge in [0.15, 0.2) is 23.1 Å². The minimum Gasteiger partial charge on any atom is -0.490 e. The fraction of sp³-hybridized carbons (Fsp3) is 0.471. The molecule has 0 N–H and O–H groups in total. The summed E-state index contributed by atoms with van der Waals surface area (Å²) in [6.07, 6.45) is 2.56. The first-order valence-electron chi connectivity index (χ1n) is 14.5. The zero-order valence-electron chi connectivity index (χ0n) is 24.8. The average Bonchev–Trinajstić information content (AvgIpc) is 2.87. The van der Waals surface area contributed by atoms with Crippen LogP contribution in [0.25, 0.3) is 0 Å². The topological polar surface area (TPSA) is 55.8 Å². The fourth-order valence-electron chi connectivity index (χ4n) is 6.66. The van der Waals surface area contributed by atoms with Gasteiger partial charge in [-0.1, -0.05) is 51.4 Å². The Bertz CT molecular complexity index is 1400. The van der Waals surface area contributed by atoms with Gasteiger partial charge in [0.25, 0.3) is 0 Å². The number of allylic oxidation sites excluding steroid dienone is 4. The van der Waals surface area contributed by atoms with Crippen molar-refractivity contribution >= 4 is 45.8 Å². The third kappa shape index (κ3) is 5.96. The maximum Gasteiger partial charge on any atom is 0.174 e. The number of halogens is 2. The molecule has 1 heterocycles. The van der Waals surface area contributed by atoms with Crippen molar-refractivity contribution in [2.45, 2.75) is 79.8 Å². The van der Waals surface area contributed by atoms with Crippen LogP contribution in [0.3, 0.4) is 0 Å². The zero-order valence-corrected chi connectivity index (χ0v) is 27.7. The molecule has 0 fully saturated rings. The van der Waals surface area contributed by atoms with E-state index in [9.17, 15) is 9.59 Å². The highest BCUT2D eigenvalue weighted by molar-refractivity contribution is 14.1. The molecule has 7 heteroatoms. The molecule has 2 aromatic carbocycles. The average molecular weight is 688 g/mol. The van der Waals surface area contributed by atoms with Crippen LogP contribution in [0, 0.1) is 14.4 Å². The SMILES string of the molecule is CCOc1cc(C2C3=C(CC(C)(C)CC3=O)N(CC)C3=C2C(=O)CC(C)(C)C3)cc(I)c1OCc1ccc(Cl)cc1. The number of carbonyl (C=O) groups is 2. The number of nitrogens with zero attached hydrogens (tertiary/aromatic N) is 1. The van der Waals surface area contributed by atoms with Crippen LogP contribution in [0.5, 0.6) is 11.5 Å². The van der Waals surface area contributed by atoms with Gasteiger partial charge in [0.05, 0.1) is 10.2 Å². The molecule has 0 spiro atoms. The third-order valence-electron chi connectivity index (χ3n) is 8.30. The van der Waals surface area contributed by atoms with E-state index in [1.54, 1.807) is 0 Å². The molecule has 0 atom stereocenters. The van der Waals surface area contributed by atoms with Crippen molar-refractivity contribution in [3.05, 3.63) is 78.7 Å². The van der Waals surface area contributed by atoms with E-state index in [4.69, 9.17) is 21.1 Å². The molecule has 0 unspecified atom stereocenters. The smallest absolute Gasteiger partial charge is 0.174 e. The molecule has 0 bridgehead atoms. The fourth-order valence-corrected chi connectivity index (χ4v) is 7.56. The summed E-state index contributed by atoms with van der Waals surface area (Å²) in [5.74, 6) is 1.15. The number of hydrogen-bond acceptors (Lipinski definition) is 5. The maximum atomic E-state index is 14.0. The maximum absolute atomic E-state index is 14.0. The highest BCUT2D eigenvalue weighted by atomic mass is 127. The van der Waals surface area contributed by atoms with E-state index in [2.05, 4.69) is 68.2 Å². The monoisotopic (exact) mass is 687 g/mol. The summed E-state index contributed by atoms with van der Waals surface area (Å²) in [7, 11) is 0. The Morgan fingerprint density at radius 2 is 1.44 bits per heavy atom. The van der Waals surface area contributed by atoms with E-state index in [0.29, 0.717) is 42.6 Å². The molecule has 0 radical (unpaired) electrons. The first-order valence-corrected chi connectivity index (χ1v) is 15.9. The molecule has 0 amide bonds. The van der Waals surface area contributed by atoms with Gasteiger partial charge in [0, 0.05) is 52.9 Å². The van der Waals surface area contributed by atoms with Crippen LogP contribution < -0.4 is 9.47 Å². The Morgan fingerprint density at radius 1 is 0.878 bits per heavy atom. The molecule has 2 aromatic rings. The minimum atomic E-state index is -0.409. The lowest BCUT2D eigenvalue weighted by Crippen LogP contribution is -2.44. The summed E-state index contributed by atoms with van der Waals surface area (Å²) in [5.41, 5.74) is 5.37. The van der Waals surface area contributed by atoms with Gasteiger partial charge < -0.3 is 14.4 Å². The van der Waals surface area contributed by atoms with Crippen LogP contribution in [-0.2, 0) is 16.2 Å². The van der Waals surface area contributed by atoms with Crippen LogP contribution in [0.2, 0.25) is 5.02 Å². The predicted molar refractivity (Wildman–Crippen MR) is 171 cm³/mol. The zero-order chi connectivity index (χ0) is 29.7. The highest BCUT2D eigenvalue weighted by Gasteiger charge is 2.48. The molecule has 2 aliphatic carbocycles. The number of ketones is 2. The lowest BCUT2D eigenvalue weighted by molar-refractivity contribution is -0.119. The minimum absolute atomic E-state index is 0.135. The van der Waals surface area contributed by atoms with Gasteiger partial charge in [-0.05, 0) is 95.5 Å². The van der Waals surface area contributed by atoms with E-state index in [0.717, 1.165) is 56.6 Å². The second kappa shape index (κ2) is 11.4. The van der Waals surface area contributed by atoms with Crippen molar-refractivity contribution in [3.63, 3.8) is 0 Å². The van der Waals surface area contributed by atoms with Gasteiger partial charge in [-0.25, -0.2) is 0 Å². The summed E-state index contributed by atoms with van der Waals surface area (Å²) >= 11 is 8.34. The van der Waals surface area contributed by atoms with Crippen LogP contribution in [0.4, 0.5) is 0 Å². The van der Waals surface area contributed by atoms with Crippen molar-refractivity contribution in [1.29, 1.82) is 0 Å². The molecule has 5 rings (SSSR count). The number of carbonyl (C=O) groups excluding carboxylic acids is 2. The van der Waals surface area contributed by atoms with Crippen LogP contribution in [-0.4, -0.2) is 29.6 Å². The Labute approximate surface area is 262 Å². The Balaban J connectivity index is 1.65. The van der Waals surface area contributed by atoms with Crippen molar-refractivity contribution in [2.24, 2.45) is 10.8 Å². The van der Waals surface area contributed by atoms with Gasteiger partial charge in [-0.3, -0.25) is 9.59 Å². The van der Waals surface area contributed by atoms with Crippen LogP contribution >= 0.6 is 34.2 Å². The van der Waals surface area contributed by atoms with E-state index in [1.165, 1.54) is 0 Å². The summed E-state index contributed by atoms with van der Waals surface area (Å²) in [6.45, 7) is 14.3. The lowest BCUT2D eigenvalue weighted by atomic mass is 9.63. The summed E-state index contributed by atoms with van der Waals surface area (Å²) in [4.78, 5) is 30.2. The van der Waals surface area contributed by atoms with Crippen LogP contribution in [0.1, 0.15) is 84.3 Å². The number of benzene rings is 2. The standard InChI is InChI=1S/C34H39ClINO4/c1-7-37-24-15-33(3,4)17-26(38)30(24)29(31-25(37)16-34(5,6)18-27(31)39)21-13-23(36)32(28(14-21)40-8-2)41-19-20-9-11-22(35)12-10-20/h9-14,29H,7-8,15-19H2,1-6H3. The third-order valence-corrected chi connectivity index (χ3v) is 9.35. The van der Waals surface area contributed by atoms with Crippen molar-refractivity contribution in [2.75, 3.05) is 13.2 Å². The Hall–Kier alpha value is -2.32. The molecule has 5 nitrogen and oxygen atoms in total. The molecule has 41 heavy (non-hydrogen) atoms. The van der Waals surface area contributed by atoms with Crippen molar-refractivity contribution in [1.82, 2.24) is 4.90 Å². The first kappa shape index (κ1) is 30.1. The molecule has 0 saturated carbocycles. The van der Waals surface area contributed by atoms with Gasteiger partial charge in [-0.15, -0.1) is 0 Å². The molecular formula is C34H39ClINO4. The van der Waals surface area contributed by atoms with E-state index in [-0.39, 0.29) is 22.4 Å². The Morgan fingerprint density at radius 3 is 1.95 bits per heavy atom. The Kier molecular flexibility index (Phi) is 8.38. The number of rotatable bonds is 7. The summed E-state index contributed by atoms with van der Waals surface area (Å²) < 4.78 is 13.3. The quantitative estimate of drug-likeness (QED) is 0.273. The second-order valence-electron chi connectivity index (χ2n) is 13.0. The van der Waals surface area contributed by atoms with Gasteiger partial charge in [0.1, 0.15) is 6.61 Å². The van der Waals surface area contributed by atoms with E-state index in [1.807, 2.05) is 37.3 Å². The van der Waals surface area contributed by atoms with E-state index >= 15 is 0 Å². The summed E-state index contributed by atoms with van der Waals surface area (Å²) in [5, 5.41) is 0.681. The van der Waals surface area contributed by atoms with Gasteiger partial charge >= 0.3 is 0 Å². The first-order chi connectivity index (χ1) is 19.3. The van der Waals surface area contributed by atoms with Gasteiger partial charge in [-0.2, -0.15) is 0 Å². The molecular weight excluding hydrogens is 649 g/mol. The molecule has 3 aliphatic rings. The normalized spacial score (nSPS) is 20.2. The van der Waals surface area contributed by atoms with Gasteiger partial charge in [0.2, 0.25) is 0 Å². The van der Waals surface area contributed by atoms with E-state index < -0.39 is 5.92 Å². The number of ether oxygens (including phenoxy) is 2. The molecule has 218 valence electrons. The molecule has 1 aliphatic heterocycles. The second-order valence-corrected chi connectivity index (χ2v) is 14.6. The summed E-state index contributed by atoms with van der Waals surface area (Å²) in [6, 6.07) is 11.6. The highest BCUT2D eigenvalue weighted by Crippen LogP contribution is 2.55. The predicted octanol–water partition coefficient (Wildman–Crippen LogP) is 8.63. The lowest BCUT2D eigenvalue weighted by Gasteiger charge is -2.49. The molecule has 0 saturated heterocycles. The molecule has 0 aromatic heterocycles. The number of hydrogen-bond donors (Lipinski definition) is 0. The van der Waals surface area contributed by atoms with Crippen molar-refractivity contribution in [3.8, 4) is 11.5 Å². The van der Waals surface area contributed by atoms with Crippen LogP contribution in [0.15, 0.2) is 58.9 Å². The largest absolute Gasteiger partial charge is 0.490 e. The van der Waals surface area contributed by atoms with Crippen molar-refractivity contribution < 1.29 is 19.1 Å².